The second-order valence-electron chi connectivity index (χ2n) is 18.0. The molecular formula is C48H49F4N11O6. The minimum Gasteiger partial charge on any atom is -0.342 e. The number of benzene rings is 2. The van der Waals surface area contributed by atoms with Gasteiger partial charge in [-0.3, -0.25) is 24.2 Å². The van der Waals surface area contributed by atoms with Crippen molar-refractivity contribution in [2.24, 2.45) is 7.05 Å². The van der Waals surface area contributed by atoms with Crippen molar-refractivity contribution in [1.29, 1.82) is 0 Å². The van der Waals surface area contributed by atoms with Crippen LogP contribution in [-0.2, 0) is 32.6 Å². The number of amides is 6. The zero-order chi connectivity index (χ0) is 48.5. The molecule has 3 aromatic heterocycles. The molecule has 69 heavy (non-hydrogen) atoms. The molecule has 0 bridgehead atoms. The van der Waals surface area contributed by atoms with Crippen molar-refractivity contribution in [2.75, 3.05) is 19.6 Å². The highest BCUT2D eigenvalue weighted by molar-refractivity contribution is 5.91. The maximum Gasteiger partial charge on any atom is 0.343 e. The van der Waals surface area contributed by atoms with E-state index in [9.17, 15) is 37.5 Å². The van der Waals surface area contributed by atoms with Gasteiger partial charge in [-0.05, 0) is 48.4 Å². The summed E-state index contributed by atoms with van der Waals surface area (Å²) in [4.78, 5) is 92.1. The fourth-order valence-electron chi connectivity index (χ4n) is 9.21. The summed E-state index contributed by atoms with van der Waals surface area (Å²) < 4.78 is 61.7. The second-order valence-corrected chi connectivity index (χ2v) is 18.0. The Balaban J connectivity index is 0.804. The minimum atomic E-state index is -1.51. The number of aryl methyl sites for hydroxylation is 1. The lowest BCUT2D eigenvalue weighted by molar-refractivity contribution is -0.138. The lowest BCUT2D eigenvalue weighted by Gasteiger charge is -2.27. The molecule has 2 unspecified atom stereocenters. The molecule has 360 valence electrons. The number of halogens is 4. The van der Waals surface area contributed by atoms with Crippen molar-refractivity contribution < 1.29 is 41.5 Å². The molecule has 17 nitrogen and oxygen atoms in total. The topological polar surface area (TPSA) is 216 Å². The first-order valence-electron chi connectivity index (χ1n) is 22.8. The number of aromatic nitrogens is 5. The number of alkyl halides is 2. The molecule has 0 radical (unpaired) electrons. The highest BCUT2D eigenvalue weighted by Crippen LogP contribution is 2.43. The average Bonchev–Trinajstić information content (AvgIpc) is 4.21. The van der Waals surface area contributed by atoms with Gasteiger partial charge in [0.15, 0.2) is 0 Å². The molecule has 2 aliphatic carbocycles. The van der Waals surface area contributed by atoms with Crippen LogP contribution in [0.2, 0.25) is 0 Å². The van der Waals surface area contributed by atoms with Crippen LogP contribution in [0.25, 0.3) is 0 Å². The van der Waals surface area contributed by atoms with Crippen LogP contribution in [-0.4, -0.2) is 114 Å². The van der Waals surface area contributed by atoms with Crippen molar-refractivity contribution in [3.8, 4) is 0 Å². The summed E-state index contributed by atoms with van der Waals surface area (Å²) in [5.74, 6) is -4.48. The van der Waals surface area contributed by atoms with Gasteiger partial charge in [-0.2, -0.15) is 13.9 Å². The Hall–Kier alpha value is -7.45. The van der Waals surface area contributed by atoms with Gasteiger partial charge >= 0.3 is 11.7 Å². The Morgan fingerprint density at radius 1 is 0.710 bits per heavy atom. The fraction of sp³-hybridized carbons (Fsp3) is 0.396. The molecule has 2 saturated carbocycles. The molecule has 5 N–H and O–H groups in total. The lowest BCUT2D eigenvalue weighted by Crippen LogP contribution is -2.50. The number of carbonyl (C=O) groups excluding carboxylic acids is 5. The number of hydrogen-bond donors (Lipinski definition) is 5. The molecule has 4 fully saturated rings. The maximum atomic E-state index is 15.9. The average molecular weight is 952 g/mol. The van der Waals surface area contributed by atoms with Gasteiger partial charge in [-0.15, -0.1) is 0 Å². The van der Waals surface area contributed by atoms with E-state index in [1.54, 1.807) is 72.8 Å². The van der Waals surface area contributed by atoms with Gasteiger partial charge in [-0.1, -0.05) is 72.8 Å². The first kappa shape index (κ1) is 46.7. The number of H-pyrrole nitrogens is 1. The third-order valence-corrected chi connectivity index (χ3v) is 13.0. The van der Waals surface area contributed by atoms with E-state index in [0.29, 0.717) is 23.1 Å². The minimum absolute atomic E-state index is 0.0598. The smallest absolute Gasteiger partial charge is 0.342 e. The third-order valence-electron chi connectivity index (χ3n) is 13.0. The van der Waals surface area contributed by atoms with Gasteiger partial charge in [0.2, 0.25) is 35.5 Å². The fourth-order valence-corrected chi connectivity index (χ4v) is 9.21. The zero-order valence-corrected chi connectivity index (χ0v) is 37.3. The van der Waals surface area contributed by atoms with E-state index in [1.165, 1.54) is 19.2 Å². The van der Waals surface area contributed by atoms with Crippen molar-refractivity contribution in [2.45, 2.75) is 92.9 Å². The number of pyridine rings is 2. The number of nitrogens with one attached hydrogen (secondary N) is 5. The molecule has 6 amide bonds. The van der Waals surface area contributed by atoms with E-state index in [1.807, 2.05) is 0 Å². The summed E-state index contributed by atoms with van der Waals surface area (Å²) in [5, 5.41) is 14.8. The Kier molecular flexibility index (Phi) is 13.3. The van der Waals surface area contributed by atoms with Crippen LogP contribution in [0.15, 0.2) is 89.7 Å². The quantitative estimate of drug-likeness (QED) is 0.0767. The van der Waals surface area contributed by atoms with Gasteiger partial charge in [0.25, 0.3) is 0 Å². The van der Waals surface area contributed by atoms with Crippen LogP contribution in [0.5, 0.6) is 0 Å². The van der Waals surface area contributed by atoms with Crippen LogP contribution in [0.3, 0.4) is 0 Å². The largest absolute Gasteiger partial charge is 0.343 e. The van der Waals surface area contributed by atoms with Crippen LogP contribution in [0.1, 0.15) is 95.5 Å². The van der Waals surface area contributed by atoms with Crippen LogP contribution >= 0.6 is 0 Å². The number of nitrogens with zero attached hydrogens (tertiary/aromatic N) is 6. The Morgan fingerprint density at radius 2 is 1.23 bits per heavy atom. The van der Waals surface area contributed by atoms with E-state index in [0.717, 1.165) is 27.3 Å². The normalized spacial score (nSPS) is 22.7. The van der Waals surface area contributed by atoms with Crippen LogP contribution in [0.4, 0.5) is 22.4 Å². The van der Waals surface area contributed by atoms with Gasteiger partial charge in [0, 0.05) is 43.0 Å². The zero-order valence-electron chi connectivity index (χ0n) is 37.3. The molecule has 5 heterocycles. The van der Waals surface area contributed by atoms with Crippen LogP contribution in [0, 0.1) is 11.9 Å². The molecule has 8 atom stereocenters. The van der Waals surface area contributed by atoms with Gasteiger partial charge in [-0.25, -0.2) is 33.0 Å². The standard InChI is InChI=1S/C48H49F4N11O6/c1-61-48(69)57-38(60-61)21-39(64)62-23-28(49)18-36(62)45(66)58-42(27-10-6-3-7-11-27)34-17-15-31(44(52)55-34)32-20-35(32)56-47(68)53-22-40(65)63-24-29(50)19-37(63)46(67)59-41(26-8-4-2-5-9-26)33-16-14-30(25-12-13-25)43(51)54-33/h2-11,14-17,25,28-29,32,35-37,41-42H,12-13,18-24H2,1H3,(H,58,66)(H,59,67)(H2,53,56,68)(H,57,60,69)/t28-,29-,32?,35?,36+,37+,41+,42+/m1/s1. The van der Waals surface area contributed by atoms with Crippen molar-refractivity contribution >= 4 is 29.7 Å². The number of urea groups is 1. The number of rotatable bonds is 15. The molecular weight excluding hydrogens is 903 g/mol. The van der Waals surface area contributed by atoms with Gasteiger partial charge in [0.05, 0.1) is 49.5 Å². The highest BCUT2D eigenvalue weighted by atomic mass is 19.1. The highest BCUT2D eigenvalue weighted by Gasteiger charge is 2.44. The molecule has 2 aliphatic heterocycles. The Bertz CT molecular complexity index is 2810. The summed E-state index contributed by atoms with van der Waals surface area (Å²) in [7, 11) is 1.40. The van der Waals surface area contributed by atoms with Gasteiger partial charge < -0.3 is 31.1 Å². The summed E-state index contributed by atoms with van der Waals surface area (Å²) in [6.07, 6.45) is -1.85. The lowest BCUT2D eigenvalue weighted by atomic mass is 10.0. The van der Waals surface area contributed by atoms with Gasteiger partial charge in [0.1, 0.15) is 30.3 Å². The first-order chi connectivity index (χ1) is 33.2. The number of aromatic amines is 1. The second kappa shape index (κ2) is 19.6. The Labute approximate surface area is 392 Å². The molecule has 2 saturated heterocycles. The van der Waals surface area contributed by atoms with Crippen LogP contribution < -0.4 is 27.0 Å². The number of likely N-dealkylation sites (tertiary alicyclic amines) is 2. The van der Waals surface area contributed by atoms with E-state index in [-0.39, 0.29) is 61.0 Å². The van der Waals surface area contributed by atoms with E-state index in [4.69, 9.17) is 0 Å². The maximum absolute atomic E-state index is 15.9. The van der Waals surface area contributed by atoms with Crippen molar-refractivity contribution in [3.63, 3.8) is 0 Å². The molecule has 2 aromatic carbocycles. The SMILES string of the molecule is Cn1nc(CC(=O)N2C[C@H](F)C[C@H]2C(=O)N[C@@H](c2ccccc2)c2ccc(C3CC3NC(=O)NCC(=O)N3C[C@H](F)C[C@H]3C(=O)N[C@@H](c3ccccc3)c3ccc(C4CC4)c(F)n3)c(F)n2)[nH]c1=O. The molecule has 4 aliphatic rings. The predicted octanol–water partition coefficient (Wildman–Crippen LogP) is 3.44. The molecule has 0 spiro atoms. The summed E-state index contributed by atoms with van der Waals surface area (Å²) in [6, 6.07) is 18.1. The molecule has 5 aromatic rings. The summed E-state index contributed by atoms with van der Waals surface area (Å²) >= 11 is 0. The first-order valence-corrected chi connectivity index (χ1v) is 22.8. The van der Waals surface area contributed by atoms with Crippen molar-refractivity contribution in [1.82, 2.24) is 55.8 Å². The molecule has 9 rings (SSSR count). The van der Waals surface area contributed by atoms with E-state index < -0.39 is 102 Å². The van der Waals surface area contributed by atoms with E-state index >= 15 is 8.78 Å². The molecule has 21 heteroatoms. The predicted molar refractivity (Wildman–Crippen MR) is 238 cm³/mol. The number of carbonyl (C=O) groups is 5. The summed E-state index contributed by atoms with van der Waals surface area (Å²) in [6.45, 7) is -1.30. The third kappa shape index (κ3) is 10.5. The van der Waals surface area contributed by atoms with Crippen molar-refractivity contribution in [3.05, 3.63) is 147 Å². The monoisotopic (exact) mass is 951 g/mol. The van der Waals surface area contributed by atoms with E-state index in [2.05, 4.69) is 41.3 Å². The summed E-state index contributed by atoms with van der Waals surface area (Å²) in [5.41, 5.74) is 1.66. The Morgan fingerprint density at radius 3 is 1.72 bits per heavy atom. The number of hydrogen-bond acceptors (Lipinski definition) is 9.